The van der Waals surface area contributed by atoms with E-state index in [0.717, 1.165) is 12.2 Å². The number of aryl methyl sites for hydroxylation is 2. The van der Waals surface area contributed by atoms with Crippen LogP contribution in [-0.4, -0.2) is 5.75 Å². The molecular weight excluding hydrogens is 272 g/mol. The normalized spacial score (nSPS) is 11.0. The summed E-state index contributed by atoms with van der Waals surface area (Å²) in [4.78, 5) is 0. The molecule has 0 atom stereocenters. The molecule has 0 aromatic heterocycles. The first kappa shape index (κ1) is 18.6. The minimum absolute atomic E-state index is 0.831. The minimum Gasteiger partial charge on any atom is -0.0938 e. The van der Waals surface area contributed by atoms with Crippen molar-refractivity contribution in [3.8, 4) is 0 Å². The number of rotatable bonds is 13. The van der Waals surface area contributed by atoms with E-state index in [9.17, 15) is 0 Å². The van der Waals surface area contributed by atoms with E-state index in [2.05, 4.69) is 31.2 Å². The van der Waals surface area contributed by atoms with E-state index in [1.165, 1.54) is 81.8 Å². The summed E-state index contributed by atoms with van der Waals surface area (Å²) in [5.74, 6) is 0.831. The molecule has 1 radical (unpaired) electrons. The molecule has 0 bridgehead atoms. The van der Waals surface area contributed by atoms with Crippen LogP contribution in [0.25, 0.3) is 0 Å². The van der Waals surface area contributed by atoms with Crippen molar-refractivity contribution in [2.24, 2.45) is 0 Å². The molecule has 1 aromatic rings. The fraction of sp³-hybridized carbons (Fsp3) is 0.700. The molecule has 0 nitrogen and oxygen atoms in total. The topological polar surface area (TPSA) is 0 Å². The van der Waals surface area contributed by atoms with E-state index >= 15 is 0 Å². The second-order valence-electron chi connectivity index (χ2n) is 6.20. The van der Waals surface area contributed by atoms with Crippen LogP contribution in [0.4, 0.5) is 0 Å². The van der Waals surface area contributed by atoms with Gasteiger partial charge in [0.05, 0.1) is 0 Å². The fourth-order valence-corrected chi connectivity index (χ4v) is 3.04. The van der Waals surface area contributed by atoms with Gasteiger partial charge in [0.1, 0.15) is 0 Å². The minimum atomic E-state index is 0.831. The average molecular weight is 306 g/mol. The third kappa shape index (κ3) is 10.0. The van der Waals surface area contributed by atoms with Gasteiger partial charge >= 0.3 is 0 Å². The Balaban J connectivity index is 1.94. The van der Waals surface area contributed by atoms with Gasteiger partial charge in [-0.1, -0.05) is 102 Å². The largest absolute Gasteiger partial charge is 0.0938 e. The van der Waals surface area contributed by atoms with Crippen molar-refractivity contribution in [2.45, 2.75) is 84.0 Å². The van der Waals surface area contributed by atoms with Crippen molar-refractivity contribution in [2.75, 3.05) is 5.75 Å². The molecule has 0 heterocycles. The fourth-order valence-electron chi connectivity index (χ4n) is 2.81. The van der Waals surface area contributed by atoms with Crippen molar-refractivity contribution in [1.29, 1.82) is 0 Å². The third-order valence-electron chi connectivity index (χ3n) is 4.23. The smallest absolute Gasteiger partial charge is 0.00774 e. The Kier molecular flexibility index (Phi) is 11.7. The lowest BCUT2D eigenvalue weighted by Crippen LogP contribution is -1.89. The first-order chi connectivity index (χ1) is 10.4. The molecule has 0 aliphatic carbocycles. The zero-order valence-electron chi connectivity index (χ0n) is 13.9. The first-order valence-electron chi connectivity index (χ1n) is 9.02. The van der Waals surface area contributed by atoms with Crippen LogP contribution in [0.2, 0.25) is 0 Å². The maximum atomic E-state index is 5.02. The van der Waals surface area contributed by atoms with Gasteiger partial charge in [-0.3, -0.25) is 0 Å². The standard InChI is InChI=1S/C20H33S/c1-2-3-4-5-6-7-8-9-10-11-12-19-13-15-20(16-14-19)17-18-21/h13-16H,2-12,17-18H2,1H3. The van der Waals surface area contributed by atoms with Gasteiger partial charge in [0.15, 0.2) is 0 Å². The second kappa shape index (κ2) is 13.2. The Labute approximate surface area is 138 Å². The van der Waals surface area contributed by atoms with Crippen LogP contribution in [0.5, 0.6) is 0 Å². The van der Waals surface area contributed by atoms with Gasteiger partial charge < -0.3 is 0 Å². The maximum Gasteiger partial charge on any atom is 0.00774 e. The molecule has 21 heavy (non-hydrogen) atoms. The summed E-state index contributed by atoms with van der Waals surface area (Å²) in [5.41, 5.74) is 2.87. The van der Waals surface area contributed by atoms with Crippen molar-refractivity contribution < 1.29 is 0 Å². The average Bonchev–Trinajstić information content (AvgIpc) is 2.51. The van der Waals surface area contributed by atoms with Gasteiger partial charge in [-0.05, 0) is 30.4 Å². The van der Waals surface area contributed by atoms with E-state index in [4.69, 9.17) is 12.6 Å². The number of hydrogen-bond donors (Lipinski definition) is 0. The predicted octanol–water partition coefficient (Wildman–Crippen LogP) is 6.89. The number of hydrogen-bond acceptors (Lipinski definition) is 0. The molecule has 0 fully saturated rings. The predicted molar refractivity (Wildman–Crippen MR) is 98.2 cm³/mol. The number of unbranched alkanes of at least 4 members (excludes halogenated alkanes) is 9. The molecule has 1 rings (SSSR count). The van der Waals surface area contributed by atoms with E-state index < -0.39 is 0 Å². The highest BCUT2D eigenvalue weighted by Gasteiger charge is 1.96. The second-order valence-corrected chi connectivity index (χ2v) is 6.61. The summed E-state index contributed by atoms with van der Waals surface area (Å²) in [5, 5.41) is 0. The molecular formula is C20H33S. The van der Waals surface area contributed by atoms with Crippen LogP contribution in [0.1, 0.15) is 82.3 Å². The van der Waals surface area contributed by atoms with E-state index in [1.54, 1.807) is 0 Å². The Morgan fingerprint density at radius 3 is 1.52 bits per heavy atom. The summed E-state index contributed by atoms with van der Waals surface area (Å²) in [6.07, 6.45) is 16.4. The summed E-state index contributed by atoms with van der Waals surface area (Å²) in [6, 6.07) is 9.07. The van der Waals surface area contributed by atoms with Crippen LogP contribution in [0.15, 0.2) is 24.3 Å². The molecule has 0 saturated heterocycles. The Hall–Kier alpha value is -0.430. The Morgan fingerprint density at radius 2 is 1.05 bits per heavy atom. The monoisotopic (exact) mass is 305 g/mol. The third-order valence-corrected chi connectivity index (χ3v) is 4.44. The lowest BCUT2D eigenvalue weighted by molar-refractivity contribution is 0.556. The zero-order valence-corrected chi connectivity index (χ0v) is 14.7. The van der Waals surface area contributed by atoms with Gasteiger partial charge in [-0.2, -0.15) is 0 Å². The van der Waals surface area contributed by atoms with Crippen LogP contribution in [0.3, 0.4) is 0 Å². The van der Waals surface area contributed by atoms with E-state index in [1.807, 2.05) is 0 Å². The highest BCUT2D eigenvalue weighted by atomic mass is 32.1. The van der Waals surface area contributed by atoms with E-state index in [0.29, 0.717) is 0 Å². The van der Waals surface area contributed by atoms with Crippen molar-refractivity contribution in [3.05, 3.63) is 35.4 Å². The molecule has 0 aliphatic heterocycles. The molecule has 0 spiro atoms. The summed E-state index contributed by atoms with van der Waals surface area (Å²) < 4.78 is 0. The molecule has 0 unspecified atom stereocenters. The molecule has 0 saturated carbocycles. The highest BCUT2D eigenvalue weighted by Crippen LogP contribution is 2.13. The Morgan fingerprint density at radius 1 is 0.619 bits per heavy atom. The van der Waals surface area contributed by atoms with Crippen molar-refractivity contribution in [3.63, 3.8) is 0 Å². The lowest BCUT2D eigenvalue weighted by Gasteiger charge is -2.04. The van der Waals surface area contributed by atoms with Gasteiger partial charge in [0, 0.05) is 5.75 Å². The SMILES string of the molecule is CCCCCCCCCCCCc1ccc(CC[S])cc1. The molecule has 119 valence electrons. The van der Waals surface area contributed by atoms with Crippen molar-refractivity contribution in [1.82, 2.24) is 0 Å². The highest BCUT2D eigenvalue weighted by molar-refractivity contribution is 7.80. The van der Waals surface area contributed by atoms with Gasteiger partial charge in [0.2, 0.25) is 0 Å². The van der Waals surface area contributed by atoms with E-state index in [-0.39, 0.29) is 0 Å². The van der Waals surface area contributed by atoms with Gasteiger partial charge in [-0.15, -0.1) is 0 Å². The van der Waals surface area contributed by atoms with Crippen LogP contribution < -0.4 is 0 Å². The first-order valence-corrected chi connectivity index (χ1v) is 9.60. The summed E-state index contributed by atoms with van der Waals surface area (Å²) in [7, 11) is 0. The van der Waals surface area contributed by atoms with Crippen LogP contribution in [0, 0.1) is 0 Å². The molecule has 0 amide bonds. The van der Waals surface area contributed by atoms with Gasteiger partial charge in [0.25, 0.3) is 0 Å². The lowest BCUT2D eigenvalue weighted by atomic mass is 10.0. The Bertz CT molecular complexity index is 328. The summed E-state index contributed by atoms with van der Waals surface area (Å²) >= 11 is 5.02. The van der Waals surface area contributed by atoms with Crippen LogP contribution >= 0.6 is 12.6 Å². The quantitative estimate of drug-likeness (QED) is 0.348. The molecule has 1 aromatic carbocycles. The number of benzene rings is 1. The molecule has 0 N–H and O–H groups in total. The molecule has 1 heteroatoms. The molecule has 0 aliphatic rings. The zero-order chi connectivity index (χ0) is 15.2. The van der Waals surface area contributed by atoms with Gasteiger partial charge in [-0.25, -0.2) is 0 Å². The van der Waals surface area contributed by atoms with Crippen LogP contribution in [-0.2, 0) is 12.8 Å². The summed E-state index contributed by atoms with van der Waals surface area (Å²) in [6.45, 7) is 2.28. The van der Waals surface area contributed by atoms with Crippen molar-refractivity contribution >= 4 is 12.6 Å². The maximum absolute atomic E-state index is 5.02.